The van der Waals surface area contributed by atoms with Crippen molar-refractivity contribution in [3.05, 3.63) is 0 Å². The van der Waals surface area contributed by atoms with E-state index in [2.05, 4.69) is 18.7 Å². The van der Waals surface area contributed by atoms with Crippen molar-refractivity contribution in [2.24, 2.45) is 11.1 Å². The summed E-state index contributed by atoms with van der Waals surface area (Å²) in [6, 6.07) is 0.209. The quantitative estimate of drug-likeness (QED) is 0.858. The first-order valence-electron chi connectivity index (χ1n) is 7.11. The van der Waals surface area contributed by atoms with Crippen LogP contribution in [0.4, 0.5) is 0 Å². The fourth-order valence-corrected chi connectivity index (χ4v) is 2.70. The molecule has 5 heteroatoms. The van der Waals surface area contributed by atoms with E-state index in [1.165, 1.54) is 0 Å². The number of piperidine rings is 1. The first kappa shape index (κ1) is 18.7. The molecule has 0 spiro atoms. The summed E-state index contributed by atoms with van der Waals surface area (Å²) in [5, 5.41) is 0. The van der Waals surface area contributed by atoms with Gasteiger partial charge in [-0.1, -0.05) is 13.8 Å². The molecule has 1 saturated heterocycles. The SMILES string of the molecule is CCN(CC)C(=O)C(C)N1CCC(N)C(C)(C)C1.Cl. The third kappa shape index (κ3) is 4.33. The van der Waals surface area contributed by atoms with Crippen LogP contribution in [0.25, 0.3) is 0 Å². The largest absolute Gasteiger partial charge is 0.342 e. The molecule has 1 fully saturated rings. The summed E-state index contributed by atoms with van der Waals surface area (Å²) < 4.78 is 0. The molecule has 0 aromatic rings. The molecule has 1 aliphatic heterocycles. The number of carbonyl (C=O) groups excluding carboxylic acids is 1. The van der Waals surface area contributed by atoms with Gasteiger partial charge >= 0.3 is 0 Å². The van der Waals surface area contributed by atoms with E-state index >= 15 is 0 Å². The van der Waals surface area contributed by atoms with Crippen molar-refractivity contribution < 1.29 is 4.79 Å². The molecule has 0 saturated carbocycles. The van der Waals surface area contributed by atoms with Crippen LogP contribution in [0.3, 0.4) is 0 Å². The first-order chi connectivity index (χ1) is 8.33. The lowest BCUT2D eigenvalue weighted by atomic mass is 9.79. The fourth-order valence-electron chi connectivity index (χ4n) is 2.70. The Hall–Kier alpha value is -0.320. The highest BCUT2D eigenvalue weighted by atomic mass is 35.5. The average molecular weight is 292 g/mol. The summed E-state index contributed by atoms with van der Waals surface area (Å²) >= 11 is 0. The van der Waals surface area contributed by atoms with Gasteiger partial charge in [-0.15, -0.1) is 12.4 Å². The Balaban J connectivity index is 0.00000324. The highest BCUT2D eigenvalue weighted by Crippen LogP contribution is 2.29. The third-order valence-corrected chi connectivity index (χ3v) is 4.32. The number of likely N-dealkylation sites (tertiary alicyclic amines) is 1. The molecule has 1 amide bonds. The van der Waals surface area contributed by atoms with Crippen LogP contribution < -0.4 is 5.73 Å². The number of halogens is 1. The van der Waals surface area contributed by atoms with E-state index in [4.69, 9.17) is 5.73 Å². The van der Waals surface area contributed by atoms with Gasteiger partial charge in [0.1, 0.15) is 0 Å². The molecule has 0 radical (unpaired) electrons. The van der Waals surface area contributed by atoms with Crippen molar-refractivity contribution in [3.8, 4) is 0 Å². The second-order valence-electron chi connectivity index (χ2n) is 6.04. The Labute approximate surface area is 124 Å². The van der Waals surface area contributed by atoms with Gasteiger partial charge in [0.05, 0.1) is 6.04 Å². The third-order valence-electron chi connectivity index (χ3n) is 4.32. The summed E-state index contributed by atoms with van der Waals surface area (Å²) in [5.41, 5.74) is 6.23. The maximum Gasteiger partial charge on any atom is 0.239 e. The van der Waals surface area contributed by atoms with Crippen LogP contribution in [0, 0.1) is 5.41 Å². The van der Waals surface area contributed by atoms with Crippen LogP contribution in [-0.2, 0) is 4.79 Å². The molecule has 0 aromatic heterocycles. The van der Waals surface area contributed by atoms with Gasteiger partial charge in [0.15, 0.2) is 0 Å². The number of carbonyl (C=O) groups is 1. The van der Waals surface area contributed by atoms with Gasteiger partial charge in [0.2, 0.25) is 5.91 Å². The minimum Gasteiger partial charge on any atom is -0.342 e. The average Bonchev–Trinajstić information content (AvgIpc) is 2.33. The van der Waals surface area contributed by atoms with Crippen LogP contribution in [0.15, 0.2) is 0 Å². The van der Waals surface area contributed by atoms with Crippen molar-refractivity contribution >= 4 is 18.3 Å². The van der Waals surface area contributed by atoms with E-state index in [-0.39, 0.29) is 35.8 Å². The number of amides is 1. The van der Waals surface area contributed by atoms with E-state index in [0.29, 0.717) is 0 Å². The van der Waals surface area contributed by atoms with Gasteiger partial charge in [-0.2, -0.15) is 0 Å². The molecule has 1 rings (SSSR count). The van der Waals surface area contributed by atoms with E-state index in [1.807, 2.05) is 25.7 Å². The van der Waals surface area contributed by atoms with Crippen LogP contribution in [0.5, 0.6) is 0 Å². The van der Waals surface area contributed by atoms with Crippen molar-refractivity contribution in [2.45, 2.75) is 53.1 Å². The minimum atomic E-state index is -0.0309. The van der Waals surface area contributed by atoms with E-state index in [9.17, 15) is 4.79 Å². The van der Waals surface area contributed by atoms with Gasteiger partial charge in [0, 0.05) is 32.2 Å². The monoisotopic (exact) mass is 291 g/mol. The topological polar surface area (TPSA) is 49.6 Å². The summed E-state index contributed by atoms with van der Waals surface area (Å²) in [6.45, 7) is 13.9. The molecule has 1 aliphatic rings. The van der Waals surface area contributed by atoms with E-state index < -0.39 is 0 Å². The molecule has 0 bridgehead atoms. The van der Waals surface area contributed by atoms with Gasteiger partial charge in [0.25, 0.3) is 0 Å². The molecule has 114 valence electrons. The Morgan fingerprint density at radius 2 is 1.95 bits per heavy atom. The Morgan fingerprint density at radius 3 is 2.37 bits per heavy atom. The predicted octanol–water partition coefficient (Wildman–Crippen LogP) is 1.72. The molecule has 19 heavy (non-hydrogen) atoms. The van der Waals surface area contributed by atoms with E-state index in [0.717, 1.165) is 32.6 Å². The summed E-state index contributed by atoms with van der Waals surface area (Å²) in [5.74, 6) is 0.242. The number of hydrogen-bond donors (Lipinski definition) is 1. The second kappa shape index (κ2) is 7.46. The van der Waals surface area contributed by atoms with E-state index in [1.54, 1.807) is 0 Å². The lowest BCUT2D eigenvalue weighted by Crippen LogP contribution is -2.57. The van der Waals surface area contributed by atoms with Crippen molar-refractivity contribution in [1.82, 2.24) is 9.80 Å². The molecule has 2 N–H and O–H groups in total. The number of nitrogens with two attached hydrogens (primary N) is 1. The smallest absolute Gasteiger partial charge is 0.239 e. The molecule has 0 aliphatic carbocycles. The van der Waals surface area contributed by atoms with Crippen molar-refractivity contribution in [3.63, 3.8) is 0 Å². The maximum absolute atomic E-state index is 12.4. The van der Waals surface area contributed by atoms with Gasteiger partial charge in [-0.25, -0.2) is 0 Å². The Morgan fingerprint density at radius 1 is 1.42 bits per heavy atom. The fraction of sp³-hybridized carbons (Fsp3) is 0.929. The zero-order valence-corrected chi connectivity index (χ0v) is 13.8. The van der Waals surface area contributed by atoms with Crippen LogP contribution in [-0.4, -0.2) is 54.0 Å². The van der Waals surface area contributed by atoms with Crippen LogP contribution >= 0.6 is 12.4 Å². The first-order valence-corrected chi connectivity index (χ1v) is 7.11. The van der Waals surface area contributed by atoms with Crippen molar-refractivity contribution in [2.75, 3.05) is 26.2 Å². The summed E-state index contributed by atoms with van der Waals surface area (Å²) in [7, 11) is 0. The molecule has 0 aromatic carbocycles. The molecule has 2 unspecified atom stereocenters. The van der Waals surface area contributed by atoms with Gasteiger partial charge < -0.3 is 10.6 Å². The highest BCUT2D eigenvalue weighted by Gasteiger charge is 2.37. The standard InChI is InChI=1S/C14H29N3O.ClH/c1-6-16(7-2)13(18)11(3)17-9-8-12(15)14(4,5)10-17;/h11-12H,6-10,15H2,1-5H3;1H. The zero-order chi connectivity index (χ0) is 13.9. The summed E-state index contributed by atoms with van der Waals surface area (Å²) in [6.07, 6.45) is 0.975. The molecule has 1 heterocycles. The van der Waals surface area contributed by atoms with Gasteiger partial charge in [-0.05, 0) is 32.6 Å². The summed E-state index contributed by atoms with van der Waals surface area (Å²) in [4.78, 5) is 16.5. The van der Waals surface area contributed by atoms with Crippen molar-refractivity contribution in [1.29, 1.82) is 0 Å². The zero-order valence-electron chi connectivity index (χ0n) is 13.0. The second-order valence-corrected chi connectivity index (χ2v) is 6.04. The lowest BCUT2D eigenvalue weighted by molar-refractivity contribution is -0.137. The normalized spacial score (nSPS) is 24.4. The minimum absolute atomic E-state index is 0. The van der Waals surface area contributed by atoms with Crippen LogP contribution in [0.1, 0.15) is 41.0 Å². The highest BCUT2D eigenvalue weighted by molar-refractivity contribution is 5.85. The Bertz CT molecular complexity index is 292. The van der Waals surface area contributed by atoms with Crippen LogP contribution in [0.2, 0.25) is 0 Å². The lowest BCUT2D eigenvalue weighted by Gasteiger charge is -2.45. The molecular formula is C14H30ClN3O. The number of likely N-dealkylation sites (N-methyl/N-ethyl adjacent to an activating group) is 1. The Kier molecular flexibility index (Phi) is 7.33. The maximum atomic E-state index is 12.4. The number of hydrogen-bond acceptors (Lipinski definition) is 3. The van der Waals surface area contributed by atoms with Gasteiger partial charge in [-0.3, -0.25) is 9.69 Å². The predicted molar refractivity (Wildman–Crippen MR) is 82.6 cm³/mol. The number of nitrogens with zero attached hydrogens (tertiary/aromatic N) is 2. The number of rotatable bonds is 4. The molecule has 4 nitrogen and oxygen atoms in total. The molecular weight excluding hydrogens is 262 g/mol. The molecule has 2 atom stereocenters.